The van der Waals surface area contributed by atoms with E-state index in [0.29, 0.717) is 11.8 Å². The Hall–Kier alpha value is 0.0900. The van der Waals surface area contributed by atoms with Crippen LogP contribution in [-0.2, 0) is 14.2 Å². The van der Waals surface area contributed by atoms with E-state index >= 15 is 0 Å². The molecule has 4 saturated heterocycles. The second-order valence-electron chi connectivity index (χ2n) is 7.32. The van der Waals surface area contributed by atoms with E-state index in [9.17, 15) is 5.11 Å². The highest BCUT2D eigenvalue weighted by Crippen LogP contribution is 2.58. The molecule has 4 aliphatic heterocycles. The van der Waals surface area contributed by atoms with Crippen molar-refractivity contribution in [1.29, 1.82) is 0 Å². The number of ether oxygens (including phenoxy) is 3. The number of aliphatic hydroxyl groups excluding tert-OH is 1. The summed E-state index contributed by atoms with van der Waals surface area (Å²) in [6.45, 7) is 5.24. The van der Waals surface area contributed by atoms with Gasteiger partial charge in [-0.25, -0.2) is 0 Å². The lowest BCUT2D eigenvalue weighted by molar-refractivity contribution is -0.410. The molecule has 0 aromatic carbocycles. The van der Waals surface area contributed by atoms with Gasteiger partial charge in [0.2, 0.25) is 0 Å². The molecular formula is C16H28ClNO4. The summed E-state index contributed by atoms with van der Waals surface area (Å²) in [6, 6.07) is 0. The molecule has 7 atom stereocenters. The smallest absolute Gasteiger partial charge is 0.166 e. The van der Waals surface area contributed by atoms with Crippen molar-refractivity contribution in [2.75, 3.05) is 26.7 Å². The molecule has 22 heavy (non-hydrogen) atoms. The van der Waals surface area contributed by atoms with Crippen LogP contribution in [0.3, 0.4) is 0 Å². The Kier molecular flexibility index (Phi) is 4.76. The lowest BCUT2D eigenvalue weighted by Gasteiger charge is -2.56. The Labute approximate surface area is 138 Å². The van der Waals surface area contributed by atoms with Gasteiger partial charge < -0.3 is 24.2 Å². The number of methoxy groups -OCH3 is 1. The Morgan fingerprint density at radius 3 is 2.68 bits per heavy atom. The lowest BCUT2D eigenvalue weighted by Crippen LogP contribution is -2.68. The first kappa shape index (κ1) is 16.9. The SMILES string of the molecule is CO[C@@H]1O[C@H]2O[C@@]3(CN4CCCCC4)[C@@H]1[C@H](C[C@@H]3O)C2C.Cl. The minimum Gasteiger partial charge on any atom is -0.390 e. The third-order valence-corrected chi connectivity index (χ3v) is 6.24. The molecule has 1 saturated carbocycles. The monoisotopic (exact) mass is 333 g/mol. The normalized spacial score (nSPS) is 50.9. The molecule has 0 radical (unpaired) electrons. The molecule has 5 nitrogen and oxygen atoms in total. The number of hydrogen-bond acceptors (Lipinski definition) is 5. The summed E-state index contributed by atoms with van der Waals surface area (Å²) in [5.74, 6) is 0.940. The number of hydrogen-bond donors (Lipinski definition) is 1. The van der Waals surface area contributed by atoms with Crippen LogP contribution in [-0.4, -0.2) is 61.0 Å². The first-order valence-electron chi connectivity index (χ1n) is 8.42. The van der Waals surface area contributed by atoms with E-state index in [1.54, 1.807) is 7.11 Å². The molecule has 1 aliphatic carbocycles. The maximum absolute atomic E-state index is 10.8. The van der Waals surface area contributed by atoms with E-state index in [1.165, 1.54) is 19.3 Å². The molecule has 5 rings (SSSR count). The number of rotatable bonds is 3. The quantitative estimate of drug-likeness (QED) is 0.850. The molecular weight excluding hydrogens is 306 g/mol. The van der Waals surface area contributed by atoms with Crippen LogP contribution in [0.15, 0.2) is 0 Å². The van der Waals surface area contributed by atoms with Gasteiger partial charge >= 0.3 is 0 Å². The fourth-order valence-electron chi connectivity index (χ4n) is 5.13. The van der Waals surface area contributed by atoms with Crippen LogP contribution < -0.4 is 0 Å². The van der Waals surface area contributed by atoms with Crippen molar-refractivity contribution in [3.8, 4) is 0 Å². The first-order valence-corrected chi connectivity index (χ1v) is 8.42. The van der Waals surface area contributed by atoms with E-state index in [2.05, 4.69) is 11.8 Å². The fraction of sp³-hybridized carbons (Fsp3) is 1.00. The summed E-state index contributed by atoms with van der Waals surface area (Å²) < 4.78 is 17.8. The summed E-state index contributed by atoms with van der Waals surface area (Å²) in [4.78, 5) is 2.47. The molecule has 0 spiro atoms. The van der Waals surface area contributed by atoms with Gasteiger partial charge in [-0.3, -0.25) is 0 Å². The minimum atomic E-state index is -0.488. The molecule has 5 fully saturated rings. The van der Waals surface area contributed by atoms with Crippen molar-refractivity contribution >= 4 is 12.4 Å². The van der Waals surface area contributed by atoms with Crippen molar-refractivity contribution in [3.05, 3.63) is 0 Å². The predicted octanol–water partition coefficient (Wildman–Crippen LogP) is 1.62. The lowest BCUT2D eigenvalue weighted by atomic mass is 9.73. The third-order valence-electron chi connectivity index (χ3n) is 6.24. The molecule has 0 aromatic heterocycles. The largest absolute Gasteiger partial charge is 0.390 e. The average Bonchev–Trinajstić information content (AvgIpc) is 2.75. The number of fused-ring (bicyclic) bond motifs is 1. The Bertz CT molecular complexity index is 406. The van der Waals surface area contributed by atoms with Crippen LogP contribution in [0.1, 0.15) is 32.6 Å². The van der Waals surface area contributed by atoms with Gasteiger partial charge in [0.1, 0.15) is 5.60 Å². The highest BCUT2D eigenvalue weighted by molar-refractivity contribution is 5.85. The number of likely N-dealkylation sites (tertiary alicyclic amines) is 1. The number of piperidine rings is 1. The van der Waals surface area contributed by atoms with E-state index < -0.39 is 11.7 Å². The van der Waals surface area contributed by atoms with Gasteiger partial charge in [-0.2, -0.15) is 0 Å². The summed E-state index contributed by atoms with van der Waals surface area (Å²) in [7, 11) is 1.70. The van der Waals surface area contributed by atoms with Gasteiger partial charge in [-0.15, -0.1) is 12.4 Å². The Morgan fingerprint density at radius 1 is 1.27 bits per heavy atom. The van der Waals surface area contributed by atoms with Crippen LogP contribution in [0, 0.1) is 17.8 Å². The van der Waals surface area contributed by atoms with E-state index in [4.69, 9.17) is 14.2 Å². The number of nitrogens with zero attached hydrogens (tertiary/aromatic N) is 1. The maximum Gasteiger partial charge on any atom is 0.166 e. The molecule has 0 aromatic rings. The Morgan fingerprint density at radius 2 is 2.00 bits per heavy atom. The third kappa shape index (κ3) is 2.33. The second kappa shape index (κ2) is 6.19. The number of halogens is 1. The molecule has 128 valence electrons. The van der Waals surface area contributed by atoms with Crippen molar-refractivity contribution in [1.82, 2.24) is 4.90 Å². The zero-order chi connectivity index (χ0) is 14.6. The van der Waals surface area contributed by atoms with Crippen LogP contribution in [0.25, 0.3) is 0 Å². The van der Waals surface area contributed by atoms with Crippen LogP contribution in [0.5, 0.6) is 0 Å². The van der Waals surface area contributed by atoms with E-state index in [-0.39, 0.29) is 30.9 Å². The zero-order valence-electron chi connectivity index (χ0n) is 13.4. The molecule has 4 bridgehead atoms. The first-order chi connectivity index (χ1) is 10.2. The summed E-state index contributed by atoms with van der Waals surface area (Å²) >= 11 is 0. The van der Waals surface area contributed by atoms with Crippen LogP contribution >= 0.6 is 12.4 Å². The highest BCUT2D eigenvalue weighted by atomic mass is 35.5. The molecule has 4 heterocycles. The molecule has 1 unspecified atom stereocenters. The standard InChI is InChI=1S/C16H27NO4.ClH/c1-10-11-8-12(18)16(9-17-6-4-3-5-7-17)13(11)15(19-2)20-14(10)21-16;/h10-15,18H,3-9H2,1-2H3;1H/t10?,11-,12+,13-,14+,15-,16-;/m1./s1. The van der Waals surface area contributed by atoms with Gasteiger partial charge in [0.25, 0.3) is 0 Å². The average molecular weight is 334 g/mol. The number of aliphatic hydroxyl groups is 1. The summed E-state index contributed by atoms with van der Waals surface area (Å²) in [5, 5.41) is 10.8. The van der Waals surface area contributed by atoms with Gasteiger partial charge in [0.05, 0.1) is 6.10 Å². The molecule has 1 N–H and O–H groups in total. The maximum atomic E-state index is 10.8. The topological polar surface area (TPSA) is 51.2 Å². The van der Waals surface area contributed by atoms with E-state index in [0.717, 1.165) is 26.1 Å². The summed E-state index contributed by atoms with van der Waals surface area (Å²) in [6.07, 6.45) is 3.79. The minimum absolute atomic E-state index is 0. The van der Waals surface area contributed by atoms with Gasteiger partial charge in [0, 0.05) is 25.5 Å². The van der Waals surface area contributed by atoms with Crippen molar-refractivity contribution < 1.29 is 19.3 Å². The van der Waals surface area contributed by atoms with Crippen molar-refractivity contribution in [3.63, 3.8) is 0 Å². The van der Waals surface area contributed by atoms with Gasteiger partial charge in [0.15, 0.2) is 12.6 Å². The molecule has 5 aliphatic rings. The van der Waals surface area contributed by atoms with Crippen molar-refractivity contribution in [2.24, 2.45) is 17.8 Å². The van der Waals surface area contributed by atoms with Gasteiger partial charge in [-0.1, -0.05) is 13.3 Å². The van der Waals surface area contributed by atoms with E-state index in [1.807, 2.05) is 0 Å². The molecule has 6 heteroatoms. The molecule has 0 amide bonds. The van der Waals surface area contributed by atoms with Gasteiger partial charge in [-0.05, 0) is 38.3 Å². The van der Waals surface area contributed by atoms with Crippen LogP contribution in [0.4, 0.5) is 0 Å². The summed E-state index contributed by atoms with van der Waals surface area (Å²) in [5.41, 5.74) is -0.488. The predicted molar refractivity (Wildman–Crippen MR) is 83.8 cm³/mol. The van der Waals surface area contributed by atoms with Crippen molar-refractivity contribution in [2.45, 2.75) is 56.9 Å². The fourth-order valence-corrected chi connectivity index (χ4v) is 5.13. The Balaban J connectivity index is 0.00000144. The zero-order valence-corrected chi connectivity index (χ0v) is 14.3. The highest BCUT2D eigenvalue weighted by Gasteiger charge is 2.69. The van der Waals surface area contributed by atoms with Crippen LogP contribution in [0.2, 0.25) is 0 Å². The second-order valence-corrected chi connectivity index (χ2v) is 7.32.